The van der Waals surface area contributed by atoms with E-state index in [-0.39, 0.29) is 6.04 Å². The van der Waals surface area contributed by atoms with Gasteiger partial charge < -0.3 is 10.5 Å². The van der Waals surface area contributed by atoms with Crippen LogP contribution < -0.4 is 20.4 Å². The predicted molar refractivity (Wildman–Crippen MR) is 119 cm³/mol. The fraction of sp³-hybridized carbons (Fsp3) is 0.409. The summed E-state index contributed by atoms with van der Waals surface area (Å²) in [4.78, 5) is 12.2. The average Bonchev–Trinajstić information content (AvgIpc) is 3.15. The zero-order chi connectivity index (χ0) is 21.2. The molecule has 1 atom stereocenters. The third-order valence-electron chi connectivity index (χ3n) is 6.27. The molecule has 0 saturated carbocycles. The smallest absolute Gasteiger partial charge is 0.348 e. The van der Waals surface area contributed by atoms with Crippen LogP contribution in [0.15, 0.2) is 42.7 Å². The molecular weight excluding hydrogens is 414 g/mol. The number of nitrogen functional groups attached to an aromatic ring is 1. The minimum Gasteiger partial charge on any atom is -0.490 e. The van der Waals surface area contributed by atoms with E-state index in [9.17, 15) is 0 Å². The number of aromatic amines is 2. The van der Waals surface area contributed by atoms with Crippen molar-refractivity contribution in [1.82, 2.24) is 20.1 Å². The van der Waals surface area contributed by atoms with Crippen LogP contribution in [0, 0.1) is 0 Å². The maximum atomic E-state index is 6.20. The number of H-pyrrole nitrogens is 2. The average molecular weight is 441 g/mol. The van der Waals surface area contributed by atoms with E-state index in [4.69, 9.17) is 22.1 Å². The molecule has 1 fully saturated rings. The topological polar surface area (TPSA) is 97.4 Å². The first-order chi connectivity index (χ1) is 15.2. The summed E-state index contributed by atoms with van der Waals surface area (Å²) >= 11 is 6.09. The van der Waals surface area contributed by atoms with Crippen molar-refractivity contribution in [2.24, 2.45) is 0 Å². The molecule has 0 radical (unpaired) electrons. The maximum absolute atomic E-state index is 6.20. The number of hydrogen-bond donors (Lipinski definition) is 2. The van der Waals surface area contributed by atoms with Crippen LogP contribution in [0.5, 0.6) is 5.75 Å². The van der Waals surface area contributed by atoms with E-state index in [1.54, 1.807) is 0 Å². The number of nitrogens with zero attached hydrogens (tertiary/aromatic N) is 4. The van der Waals surface area contributed by atoms with Gasteiger partial charge in [0.1, 0.15) is 12.4 Å². The highest BCUT2D eigenvalue weighted by molar-refractivity contribution is 6.30. The van der Waals surface area contributed by atoms with Gasteiger partial charge in [0.25, 0.3) is 0 Å². The van der Waals surface area contributed by atoms with Gasteiger partial charge in [0.15, 0.2) is 0 Å². The van der Waals surface area contributed by atoms with Crippen molar-refractivity contribution in [3.8, 4) is 5.75 Å². The Morgan fingerprint density at radius 1 is 1.19 bits per heavy atom. The molecule has 162 valence electrons. The first-order valence-corrected chi connectivity index (χ1v) is 11.1. The normalized spacial score (nSPS) is 20.2. The van der Waals surface area contributed by atoms with Crippen molar-refractivity contribution in [3.63, 3.8) is 0 Å². The molecule has 8 nitrogen and oxygen atoms in total. The fourth-order valence-electron chi connectivity index (χ4n) is 4.62. The van der Waals surface area contributed by atoms with E-state index in [1.807, 2.05) is 24.5 Å². The van der Waals surface area contributed by atoms with Gasteiger partial charge in [0.2, 0.25) is 0 Å². The van der Waals surface area contributed by atoms with Crippen LogP contribution in [0.4, 0.5) is 11.9 Å². The SMILES string of the molecule is Nc1[nH]nc(N2CCC(N3Cc4ccncc4OCC3Cc3ccc(Cl)cc3)CC2)[nH+]1. The van der Waals surface area contributed by atoms with Crippen LogP contribution in [0.25, 0.3) is 0 Å². The van der Waals surface area contributed by atoms with Crippen molar-refractivity contribution in [1.29, 1.82) is 0 Å². The molecule has 5 rings (SSSR count). The maximum Gasteiger partial charge on any atom is 0.348 e. The van der Waals surface area contributed by atoms with E-state index in [2.05, 4.69) is 48.2 Å². The number of anilines is 2. The number of nitrogens with two attached hydrogens (primary N) is 1. The number of rotatable bonds is 4. The van der Waals surface area contributed by atoms with Gasteiger partial charge in [0, 0.05) is 48.5 Å². The Balaban J connectivity index is 1.35. The Kier molecular flexibility index (Phi) is 5.65. The summed E-state index contributed by atoms with van der Waals surface area (Å²) in [6, 6.07) is 11.0. The zero-order valence-corrected chi connectivity index (χ0v) is 18.1. The monoisotopic (exact) mass is 440 g/mol. The Morgan fingerprint density at radius 3 is 2.74 bits per heavy atom. The van der Waals surface area contributed by atoms with Crippen LogP contribution in [-0.2, 0) is 13.0 Å². The summed E-state index contributed by atoms with van der Waals surface area (Å²) < 4.78 is 6.20. The molecule has 0 amide bonds. The van der Waals surface area contributed by atoms with Crippen molar-refractivity contribution in [2.45, 2.75) is 37.9 Å². The molecule has 4 N–H and O–H groups in total. The Morgan fingerprint density at radius 2 is 2.00 bits per heavy atom. The molecule has 1 saturated heterocycles. The van der Waals surface area contributed by atoms with Crippen LogP contribution in [0.2, 0.25) is 5.02 Å². The lowest BCUT2D eigenvalue weighted by Gasteiger charge is -2.40. The van der Waals surface area contributed by atoms with Gasteiger partial charge in [-0.05, 0) is 48.1 Å². The van der Waals surface area contributed by atoms with E-state index >= 15 is 0 Å². The van der Waals surface area contributed by atoms with Gasteiger partial charge in [-0.25, -0.2) is 4.98 Å². The van der Waals surface area contributed by atoms with Crippen LogP contribution in [-0.4, -0.2) is 51.9 Å². The van der Waals surface area contributed by atoms with E-state index in [0.717, 1.165) is 55.6 Å². The molecule has 0 spiro atoms. The van der Waals surface area contributed by atoms with Gasteiger partial charge >= 0.3 is 11.9 Å². The molecule has 0 bridgehead atoms. The number of pyridine rings is 1. The number of ether oxygens (including phenoxy) is 1. The second-order valence-corrected chi connectivity index (χ2v) is 8.69. The van der Waals surface area contributed by atoms with Crippen molar-refractivity contribution in [3.05, 3.63) is 58.9 Å². The van der Waals surface area contributed by atoms with Crippen molar-refractivity contribution >= 4 is 23.5 Å². The summed E-state index contributed by atoms with van der Waals surface area (Å²) in [5.74, 6) is 2.18. The number of halogens is 1. The third-order valence-corrected chi connectivity index (χ3v) is 6.52. The molecule has 3 aromatic rings. The summed E-state index contributed by atoms with van der Waals surface area (Å²) in [6.45, 7) is 3.37. The largest absolute Gasteiger partial charge is 0.490 e. The molecule has 1 aromatic carbocycles. The van der Waals surface area contributed by atoms with Gasteiger partial charge in [-0.2, -0.15) is 5.10 Å². The number of benzene rings is 1. The highest BCUT2D eigenvalue weighted by Gasteiger charge is 2.34. The van der Waals surface area contributed by atoms with Crippen LogP contribution >= 0.6 is 11.6 Å². The summed E-state index contributed by atoms with van der Waals surface area (Å²) in [5, 5.41) is 7.82. The standard InChI is InChI=1S/C22H26ClN7O/c23-17-3-1-15(2-4-17)11-19-14-31-20-12-25-8-5-16(20)13-30(19)18-6-9-29(10-7-18)22-26-21(24)27-28-22/h1-5,8,12,18-19H,6-7,9-11,13-14H2,(H3,24,26,27,28)/p+1. The number of fused-ring (bicyclic) bond motifs is 1. The molecule has 9 heteroatoms. The minimum atomic E-state index is 0.276. The van der Waals surface area contributed by atoms with Crippen molar-refractivity contribution in [2.75, 3.05) is 30.3 Å². The number of aromatic nitrogens is 4. The minimum absolute atomic E-state index is 0.276. The first-order valence-electron chi connectivity index (χ1n) is 10.7. The number of hydrogen-bond acceptors (Lipinski definition) is 6. The van der Waals surface area contributed by atoms with Crippen LogP contribution in [0.3, 0.4) is 0 Å². The lowest BCUT2D eigenvalue weighted by atomic mass is 9.97. The number of piperidine rings is 1. The zero-order valence-electron chi connectivity index (χ0n) is 17.3. The Hall–Kier alpha value is -2.84. The van der Waals surface area contributed by atoms with E-state index < -0.39 is 0 Å². The summed E-state index contributed by atoms with van der Waals surface area (Å²) in [6.07, 6.45) is 6.71. The van der Waals surface area contributed by atoms with Gasteiger partial charge in [-0.1, -0.05) is 23.7 Å². The molecule has 0 aliphatic carbocycles. The second-order valence-electron chi connectivity index (χ2n) is 8.26. The summed E-state index contributed by atoms with van der Waals surface area (Å²) in [5.41, 5.74) is 8.23. The number of nitrogens with one attached hydrogen (secondary N) is 2. The second kappa shape index (κ2) is 8.72. The quantitative estimate of drug-likeness (QED) is 0.646. The molecule has 31 heavy (non-hydrogen) atoms. The van der Waals surface area contributed by atoms with Gasteiger partial charge in [-0.15, -0.1) is 0 Å². The fourth-order valence-corrected chi connectivity index (χ4v) is 4.75. The van der Waals surface area contributed by atoms with Crippen molar-refractivity contribution < 1.29 is 9.72 Å². The molecule has 2 aliphatic rings. The highest BCUT2D eigenvalue weighted by Crippen LogP contribution is 2.30. The molecule has 2 aliphatic heterocycles. The van der Waals surface area contributed by atoms with E-state index in [0.29, 0.717) is 18.6 Å². The summed E-state index contributed by atoms with van der Waals surface area (Å²) in [7, 11) is 0. The Labute approximate surface area is 186 Å². The predicted octanol–water partition coefficient (Wildman–Crippen LogP) is 2.33. The van der Waals surface area contributed by atoms with E-state index in [1.165, 1.54) is 11.1 Å². The third kappa shape index (κ3) is 4.45. The Bertz CT molecular complexity index is 1020. The first kappa shape index (κ1) is 20.1. The molecular formula is C22H27ClN7O+. The highest BCUT2D eigenvalue weighted by atomic mass is 35.5. The molecule has 4 heterocycles. The lowest BCUT2D eigenvalue weighted by Crippen LogP contribution is -2.51. The van der Waals surface area contributed by atoms with Gasteiger partial charge in [0.05, 0.1) is 6.20 Å². The molecule has 2 aromatic heterocycles. The lowest BCUT2D eigenvalue weighted by molar-refractivity contribution is -0.346. The van der Waals surface area contributed by atoms with Crippen LogP contribution in [0.1, 0.15) is 24.0 Å². The molecule has 1 unspecified atom stereocenters. The van der Waals surface area contributed by atoms with Gasteiger partial charge in [-0.3, -0.25) is 14.8 Å².